The van der Waals surface area contributed by atoms with Crippen molar-refractivity contribution < 1.29 is 4.42 Å². The Morgan fingerprint density at radius 2 is 2.04 bits per heavy atom. The van der Waals surface area contributed by atoms with Gasteiger partial charge >= 0.3 is 0 Å². The Kier molecular flexibility index (Phi) is 5.01. The number of hydrogen-bond acceptors (Lipinski definition) is 5. The van der Waals surface area contributed by atoms with Crippen molar-refractivity contribution in [2.75, 3.05) is 5.75 Å². The fourth-order valence-electron chi connectivity index (χ4n) is 2.10. The first kappa shape index (κ1) is 15.7. The molecule has 0 atom stereocenters. The molecule has 3 aromatic rings. The van der Waals surface area contributed by atoms with Gasteiger partial charge in [-0.15, -0.1) is 10.2 Å². The summed E-state index contributed by atoms with van der Waals surface area (Å²) in [4.78, 5) is 0. The van der Waals surface area contributed by atoms with Gasteiger partial charge in [0.1, 0.15) is 5.76 Å². The lowest BCUT2D eigenvalue weighted by Crippen LogP contribution is -2.03. The number of halogens is 1. The van der Waals surface area contributed by atoms with Crippen LogP contribution in [0.2, 0.25) is 5.02 Å². The number of hydrogen-bond donors (Lipinski definition) is 0. The zero-order valence-electron chi connectivity index (χ0n) is 12.1. The van der Waals surface area contributed by atoms with Gasteiger partial charge in [0.15, 0.2) is 11.0 Å². The van der Waals surface area contributed by atoms with E-state index in [0.29, 0.717) is 23.7 Å². The lowest BCUT2D eigenvalue weighted by molar-refractivity contribution is 0.485. The van der Waals surface area contributed by atoms with Crippen LogP contribution in [-0.2, 0) is 6.54 Å². The molecule has 0 saturated heterocycles. The van der Waals surface area contributed by atoms with E-state index < -0.39 is 0 Å². The van der Waals surface area contributed by atoms with Gasteiger partial charge in [-0.1, -0.05) is 23.4 Å². The molecule has 0 N–H and O–H groups in total. The molecule has 0 spiro atoms. The number of aromatic nitrogens is 3. The normalized spacial score (nSPS) is 10.6. The minimum Gasteiger partial charge on any atom is -0.467 e. The van der Waals surface area contributed by atoms with E-state index in [2.05, 4.69) is 16.3 Å². The first-order chi connectivity index (χ1) is 11.3. The fraction of sp³-hybridized carbons (Fsp3) is 0.188. The second-order valence-corrected chi connectivity index (χ2v) is 6.23. The quantitative estimate of drug-likeness (QED) is 0.494. The molecular weight excluding hydrogens is 332 g/mol. The monoisotopic (exact) mass is 344 g/mol. The number of rotatable bonds is 6. The molecule has 0 bridgehead atoms. The van der Waals surface area contributed by atoms with Crippen molar-refractivity contribution in [2.24, 2.45) is 0 Å². The molecule has 5 nitrogen and oxygen atoms in total. The van der Waals surface area contributed by atoms with Crippen LogP contribution in [-0.4, -0.2) is 20.5 Å². The van der Waals surface area contributed by atoms with E-state index in [1.54, 1.807) is 6.26 Å². The Balaban J connectivity index is 1.94. The van der Waals surface area contributed by atoms with E-state index >= 15 is 0 Å². The maximum Gasteiger partial charge on any atom is 0.191 e. The summed E-state index contributed by atoms with van der Waals surface area (Å²) < 4.78 is 7.43. The number of benzene rings is 1. The molecular formula is C16H13ClN4OS. The SMILES string of the molecule is N#CCCSc1nnc(-c2ccc(Cl)cc2)n1Cc1ccco1. The summed E-state index contributed by atoms with van der Waals surface area (Å²) in [5.74, 6) is 2.24. The Morgan fingerprint density at radius 3 is 2.74 bits per heavy atom. The van der Waals surface area contributed by atoms with E-state index in [1.165, 1.54) is 11.8 Å². The van der Waals surface area contributed by atoms with Crippen LogP contribution in [0.4, 0.5) is 0 Å². The molecule has 7 heteroatoms. The summed E-state index contributed by atoms with van der Waals surface area (Å²) in [6.07, 6.45) is 2.11. The van der Waals surface area contributed by atoms with Gasteiger partial charge in [0.05, 0.1) is 18.9 Å². The van der Waals surface area contributed by atoms with Crippen LogP contribution in [0, 0.1) is 11.3 Å². The summed E-state index contributed by atoms with van der Waals surface area (Å²) in [6, 6.07) is 13.4. The summed E-state index contributed by atoms with van der Waals surface area (Å²) in [5, 5.41) is 18.7. The average Bonchev–Trinajstić information content (AvgIpc) is 3.20. The molecule has 116 valence electrons. The van der Waals surface area contributed by atoms with Crippen LogP contribution in [0.25, 0.3) is 11.4 Å². The molecule has 0 aliphatic carbocycles. The first-order valence-corrected chi connectivity index (χ1v) is 8.35. The van der Waals surface area contributed by atoms with Crippen LogP contribution in [0.15, 0.2) is 52.2 Å². The molecule has 2 heterocycles. The summed E-state index contributed by atoms with van der Waals surface area (Å²) in [6.45, 7) is 0.535. The zero-order valence-corrected chi connectivity index (χ0v) is 13.7. The van der Waals surface area contributed by atoms with Crippen LogP contribution < -0.4 is 0 Å². The van der Waals surface area contributed by atoms with Crippen LogP contribution in [0.3, 0.4) is 0 Å². The molecule has 0 aliphatic rings. The predicted molar refractivity (Wildman–Crippen MR) is 89.2 cm³/mol. The number of thioether (sulfide) groups is 1. The summed E-state index contributed by atoms with van der Waals surface area (Å²) in [7, 11) is 0. The van der Waals surface area contributed by atoms with E-state index in [0.717, 1.165) is 22.3 Å². The van der Waals surface area contributed by atoms with Crippen molar-refractivity contribution in [1.82, 2.24) is 14.8 Å². The number of nitrogens with zero attached hydrogens (tertiary/aromatic N) is 4. The molecule has 0 amide bonds. The Labute approximate surface area is 142 Å². The first-order valence-electron chi connectivity index (χ1n) is 6.99. The smallest absolute Gasteiger partial charge is 0.191 e. The average molecular weight is 345 g/mol. The van der Waals surface area contributed by atoms with Crippen molar-refractivity contribution >= 4 is 23.4 Å². The Hall–Kier alpha value is -2.23. The minimum atomic E-state index is 0.467. The lowest BCUT2D eigenvalue weighted by Gasteiger charge is -2.08. The van der Waals surface area contributed by atoms with E-state index in [-0.39, 0.29) is 0 Å². The molecule has 0 unspecified atom stereocenters. The molecule has 0 radical (unpaired) electrons. The van der Waals surface area contributed by atoms with Gasteiger partial charge in [-0.25, -0.2) is 0 Å². The van der Waals surface area contributed by atoms with Crippen LogP contribution in [0.5, 0.6) is 0 Å². The van der Waals surface area contributed by atoms with Crippen LogP contribution >= 0.6 is 23.4 Å². The fourth-order valence-corrected chi connectivity index (χ4v) is 3.00. The topological polar surface area (TPSA) is 67.6 Å². The summed E-state index contributed by atoms with van der Waals surface area (Å²) in [5.41, 5.74) is 0.931. The highest BCUT2D eigenvalue weighted by Crippen LogP contribution is 2.26. The van der Waals surface area contributed by atoms with Crippen molar-refractivity contribution in [3.63, 3.8) is 0 Å². The lowest BCUT2D eigenvalue weighted by atomic mass is 10.2. The number of furan rings is 1. The molecule has 3 rings (SSSR count). The standard InChI is InChI=1S/C16H13ClN4OS/c17-13-6-4-12(5-7-13)15-19-20-16(23-10-2-8-18)21(15)11-14-3-1-9-22-14/h1,3-7,9H,2,10-11H2. The zero-order chi connectivity index (χ0) is 16.1. The van der Waals surface area contributed by atoms with Gasteiger partial charge in [-0.05, 0) is 36.4 Å². The highest BCUT2D eigenvalue weighted by atomic mass is 35.5. The summed E-state index contributed by atoms with van der Waals surface area (Å²) >= 11 is 7.46. The van der Waals surface area contributed by atoms with Crippen molar-refractivity contribution in [3.05, 3.63) is 53.4 Å². The van der Waals surface area contributed by atoms with Gasteiger partial charge in [-0.2, -0.15) is 5.26 Å². The highest BCUT2D eigenvalue weighted by molar-refractivity contribution is 7.99. The number of nitriles is 1. The third-order valence-electron chi connectivity index (χ3n) is 3.16. The third kappa shape index (κ3) is 3.76. The predicted octanol–water partition coefficient (Wildman–Crippen LogP) is 4.25. The molecule has 0 saturated carbocycles. The molecule has 1 aromatic carbocycles. The van der Waals surface area contributed by atoms with Gasteiger partial charge in [-0.3, -0.25) is 4.57 Å². The Morgan fingerprint density at radius 1 is 1.22 bits per heavy atom. The Bertz CT molecular complexity index is 806. The molecule has 0 fully saturated rings. The maximum absolute atomic E-state index is 8.70. The van der Waals surface area contributed by atoms with Gasteiger partial charge < -0.3 is 4.42 Å². The van der Waals surface area contributed by atoms with Crippen molar-refractivity contribution in [3.8, 4) is 17.5 Å². The molecule has 23 heavy (non-hydrogen) atoms. The molecule has 0 aliphatic heterocycles. The van der Waals surface area contributed by atoms with E-state index in [9.17, 15) is 0 Å². The second kappa shape index (κ2) is 7.36. The third-order valence-corrected chi connectivity index (χ3v) is 4.38. The second-order valence-electron chi connectivity index (χ2n) is 4.74. The maximum atomic E-state index is 8.70. The largest absolute Gasteiger partial charge is 0.467 e. The molecule has 2 aromatic heterocycles. The van der Waals surface area contributed by atoms with Gasteiger partial charge in [0.25, 0.3) is 0 Å². The highest BCUT2D eigenvalue weighted by Gasteiger charge is 2.15. The van der Waals surface area contributed by atoms with Crippen molar-refractivity contribution in [2.45, 2.75) is 18.1 Å². The van der Waals surface area contributed by atoms with Gasteiger partial charge in [0.2, 0.25) is 0 Å². The minimum absolute atomic E-state index is 0.467. The van der Waals surface area contributed by atoms with E-state index in [4.69, 9.17) is 21.3 Å². The van der Waals surface area contributed by atoms with E-state index in [1.807, 2.05) is 41.0 Å². The van der Waals surface area contributed by atoms with Gasteiger partial charge in [0, 0.05) is 22.8 Å². The van der Waals surface area contributed by atoms with Crippen LogP contribution in [0.1, 0.15) is 12.2 Å². The van der Waals surface area contributed by atoms with Crippen molar-refractivity contribution in [1.29, 1.82) is 5.26 Å².